The number of sulfonamides is 1. The third-order valence-electron chi connectivity index (χ3n) is 7.99. The van der Waals surface area contributed by atoms with Crippen LogP contribution in [0, 0.1) is 11.7 Å². The van der Waals surface area contributed by atoms with Gasteiger partial charge in [0.25, 0.3) is 5.91 Å². The van der Waals surface area contributed by atoms with E-state index < -0.39 is 33.8 Å². The second-order valence-corrected chi connectivity index (χ2v) is 12.6. The number of fused-ring (bicyclic) bond motifs is 6. The number of ether oxygens (including phenoxy) is 1. The van der Waals surface area contributed by atoms with Crippen LogP contribution in [0.25, 0.3) is 39.2 Å². The van der Waals surface area contributed by atoms with E-state index in [2.05, 4.69) is 10.3 Å². The summed E-state index contributed by atoms with van der Waals surface area (Å²) in [6.45, 7) is 0.162. The topological polar surface area (TPSA) is 117 Å². The number of anilines is 1. The molecule has 0 spiro atoms. The summed E-state index contributed by atoms with van der Waals surface area (Å²) < 4.78 is 67.2. The molecule has 0 radical (unpaired) electrons. The van der Waals surface area contributed by atoms with Gasteiger partial charge >= 0.3 is 0 Å². The first kappa shape index (κ1) is 27.8. The Bertz CT molecular complexity index is 2070. The monoisotopic (exact) mass is 617 g/mol. The number of furan rings is 1. The molecule has 1 N–H and O–H groups in total. The summed E-state index contributed by atoms with van der Waals surface area (Å²) in [6, 6.07) is 12.1. The predicted octanol–water partition coefficient (Wildman–Crippen LogP) is 4.94. The average molecular weight is 618 g/mol. The van der Waals surface area contributed by atoms with E-state index in [1.165, 1.54) is 50.6 Å². The number of allylic oxidation sites excluding steroid dienone is 1. The molecule has 0 aliphatic carbocycles. The van der Waals surface area contributed by atoms with Gasteiger partial charge in [-0.3, -0.25) is 14.1 Å². The highest BCUT2D eigenvalue weighted by atomic mass is 32.2. The average Bonchev–Trinajstić information content (AvgIpc) is 3.59. The van der Waals surface area contributed by atoms with Crippen LogP contribution in [0.4, 0.5) is 14.5 Å². The van der Waals surface area contributed by atoms with Crippen molar-refractivity contribution < 1.29 is 31.1 Å². The van der Waals surface area contributed by atoms with Gasteiger partial charge in [-0.2, -0.15) is 0 Å². The van der Waals surface area contributed by atoms with Crippen molar-refractivity contribution in [2.24, 2.45) is 10.9 Å². The normalized spacial score (nSPS) is 18.6. The van der Waals surface area contributed by atoms with E-state index in [1.54, 1.807) is 30.5 Å². The molecule has 224 valence electrons. The number of alkyl halides is 1. The fraction of sp³-hybridized carbons (Fsp3) is 0.194. The molecule has 4 aromatic rings. The number of amides is 1. The number of hydrogen-bond acceptors (Lipinski definition) is 8. The number of aromatic nitrogens is 1. The highest BCUT2D eigenvalue weighted by Crippen LogP contribution is 2.46. The summed E-state index contributed by atoms with van der Waals surface area (Å²) >= 11 is 0. The maximum atomic E-state index is 14.7. The van der Waals surface area contributed by atoms with Crippen LogP contribution in [0.2, 0.25) is 0 Å². The molecule has 2 unspecified atom stereocenters. The van der Waals surface area contributed by atoms with Crippen LogP contribution < -0.4 is 14.4 Å². The molecule has 13 heteroatoms. The molecule has 2 aromatic carbocycles. The first-order chi connectivity index (χ1) is 21.0. The number of pyridine rings is 1. The molecule has 1 amide bonds. The molecule has 0 bridgehead atoms. The molecule has 3 aliphatic rings. The number of aliphatic imine (C=N–C) groups is 1. The number of carbonyl (C=O) groups excluding carboxylic acids is 1. The number of halogens is 2. The van der Waals surface area contributed by atoms with E-state index in [0.717, 1.165) is 10.6 Å². The van der Waals surface area contributed by atoms with E-state index in [4.69, 9.17) is 14.1 Å². The molecule has 5 heterocycles. The Labute approximate surface area is 251 Å². The Morgan fingerprint density at radius 2 is 1.93 bits per heavy atom. The molecule has 3 aliphatic heterocycles. The SMILES string of the molecule is CNC(=O)c1c(-c2ccc(F)cc2)oc2cc(N(C)S(C)(=O)=O)c(-c3ccc4c(n3)C3=CC5C(=CN=CC5F)N3CO4)cc12. The van der Waals surface area contributed by atoms with E-state index in [0.29, 0.717) is 45.0 Å². The van der Waals surface area contributed by atoms with Gasteiger partial charge in [-0.05, 0) is 48.5 Å². The lowest BCUT2D eigenvalue weighted by molar-refractivity contribution is 0.0964. The maximum absolute atomic E-state index is 14.7. The molecular weight excluding hydrogens is 592 g/mol. The van der Waals surface area contributed by atoms with Crippen molar-refractivity contribution in [1.82, 2.24) is 15.2 Å². The summed E-state index contributed by atoms with van der Waals surface area (Å²) in [7, 11) is -0.865. The number of nitrogens with one attached hydrogen (secondary N) is 1. The van der Waals surface area contributed by atoms with Crippen LogP contribution in [-0.2, 0) is 10.0 Å². The Kier molecular flexibility index (Phi) is 6.32. The van der Waals surface area contributed by atoms with Crippen LogP contribution in [0.15, 0.2) is 75.9 Å². The Balaban J connectivity index is 1.45. The number of carbonyl (C=O) groups is 1. The van der Waals surface area contributed by atoms with Crippen molar-refractivity contribution >= 4 is 44.5 Å². The lowest BCUT2D eigenvalue weighted by Gasteiger charge is -2.31. The molecule has 44 heavy (non-hydrogen) atoms. The first-order valence-electron chi connectivity index (χ1n) is 13.6. The van der Waals surface area contributed by atoms with Gasteiger partial charge in [0.05, 0.1) is 34.8 Å². The van der Waals surface area contributed by atoms with Gasteiger partial charge in [0.15, 0.2) is 6.73 Å². The predicted molar refractivity (Wildman–Crippen MR) is 162 cm³/mol. The number of benzene rings is 2. The lowest BCUT2D eigenvalue weighted by Crippen LogP contribution is -2.31. The molecular formula is C31H25F2N5O5S. The molecule has 10 nitrogen and oxygen atoms in total. The quantitative estimate of drug-likeness (QED) is 0.337. The van der Waals surface area contributed by atoms with E-state index in [1.807, 2.05) is 4.90 Å². The minimum Gasteiger partial charge on any atom is -0.470 e. The van der Waals surface area contributed by atoms with Crippen molar-refractivity contribution in [3.63, 3.8) is 0 Å². The fourth-order valence-corrected chi connectivity index (χ4v) is 6.19. The molecule has 0 saturated heterocycles. The minimum absolute atomic E-state index is 0.162. The smallest absolute Gasteiger partial charge is 0.255 e. The molecule has 0 fully saturated rings. The van der Waals surface area contributed by atoms with Crippen LogP contribution >= 0.6 is 0 Å². The summed E-state index contributed by atoms with van der Waals surface area (Å²) in [5.74, 6) is -0.748. The number of hydrogen-bond donors (Lipinski definition) is 1. The van der Waals surface area contributed by atoms with Gasteiger partial charge in [0.2, 0.25) is 10.0 Å². The van der Waals surface area contributed by atoms with Crippen LogP contribution in [0.1, 0.15) is 16.1 Å². The highest BCUT2D eigenvalue weighted by Gasteiger charge is 2.40. The molecule has 0 saturated carbocycles. The second-order valence-electron chi connectivity index (χ2n) is 10.6. The largest absolute Gasteiger partial charge is 0.470 e. The first-order valence-corrected chi connectivity index (χ1v) is 15.4. The standard InChI is InChI=1S/C31H25F2N5O5S/c1-34-31(39)28-20-10-19(23(37(2)44(3,40)41)12-27(20)43-30(28)16-4-6-17(32)7-5-16)22-8-9-26-29(36-22)24-11-18-21(33)13-35-14-25(18)38(24)15-42-26/h4-14,18,21H,15H2,1-3H3,(H,34,39). The summed E-state index contributed by atoms with van der Waals surface area (Å²) in [4.78, 5) is 23.9. The fourth-order valence-electron chi connectivity index (χ4n) is 5.68. The summed E-state index contributed by atoms with van der Waals surface area (Å²) in [5.41, 5.74) is 3.69. The van der Waals surface area contributed by atoms with Crippen molar-refractivity contribution in [2.75, 3.05) is 31.4 Å². The Morgan fingerprint density at radius 1 is 1.16 bits per heavy atom. The number of nitrogens with zero attached hydrogens (tertiary/aromatic N) is 4. The molecule has 2 atom stereocenters. The van der Waals surface area contributed by atoms with Gasteiger partial charge in [-0.1, -0.05) is 0 Å². The zero-order valence-electron chi connectivity index (χ0n) is 23.7. The highest BCUT2D eigenvalue weighted by molar-refractivity contribution is 7.92. The zero-order chi connectivity index (χ0) is 30.9. The van der Waals surface area contributed by atoms with Gasteiger partial charge < -0.3 is 19.4 Å². The van der Waals surface area contributed by atoms with Crippen molar-refractivity contribution in [3.05, 3.63) is 83.6 Å². The van der Waals surface area contributed by atoms with Gasteiger partial charge in [-0.15, -0.1) is 0 Å². The molecule has 7 rings (SSSR count). The molecule has 2 aromatic heterocycles. The lowest BCUT2D eigenvalue weighted by atomic mass is 10.00. The van der Waals surface area contributed by atoms with E-state index in [9.17, 15) is 22.0 Å². The third-order valence-corrected chi connectivity index (χ3v) is 9.18. The number of rotatable bonds is 5. The maximum Gasteiger partial charge on any atom is 0.255 e. The van der Waals surface area contributed by atoms with E-state index in [-0.39, 0.29) is 29.3 Å². The van der Waals surface area contributed by atoms with E-state index >= 15 is 0 Å². The van der Waals surface area contributed by atoms with Crippen LogP contribution in [0.3, 0.4) is 0 Å². The van der Waals surface area contributed by atoms with Crippen LogP contribution in [-0.4, -0.2) is 63.7 Å². The van der Waals surface area contributed by atoms with Gasteiger partial charge in [-0.25, -0.2) is 22.2 Å². The Hall–Kier alpha value is -5.04. The van der Waals surface area contributed by atoms with Gasteiger partial charge in [0.1, 0.15) is 34.8 Å². The van der Waals surface area contributed by atoms with Crippen LogP contribution in [0.5, 0.6) is 5.75 Å². The zero-order valence-corrected chi connectivity index (χ0v) is 24.5. The van der Waals surface area contributed by atoms with Crippen molar-refractivity contribution in [3.8, 4) is 28.3 Å². The summed E-state index contributed by atoms with van der Waals surface area (Å²) in [5, 5.41) is 3.02. The van der Waals surface area contributed by atoms with Crippen molar-refractivity contribution in [1.29, 1.82) is 0 Å². The third kappa shape index (κ3) is 4.34. The second kappa shape index (κ2) is 10.0. The Morgan fingerprint density at radius 3 is 2.66 bits per heavy atom. The summed E-state index contributed by atoms with van der Waals surface area (Å²) in [6.07, 6.45) is 4.43. The van der Waals surface area contributed by atoms with Gasteiger partial charge in [0, 0.05) is 54.8 Å². The van der Waals surface area contributed by atoms with Crippen molar-refractivity contribution in [2.45, 2.75) is 6.17 Å². The minimum atomic E-state index is -3.75.